The van der Waals surface area contributed by atoms with E-state index in [1.807, 2.05) is 5.43 Å². The highest BCUT2D eigenvalue weighted by molar-refractivity contribution is 6.39. The minimum absolute atomic E-state index is 0.196. The van der Waals surface area contributed by atoms with Gasteiger partial charge in [0.2, 0.25) is 0 Å². The molecule has 0 heterocycles. The van der Waals surface area contributed by atoms with Gasteiger partial charge in [0.05, 0.1) is 6.21 Å². The van der Waals surface area contributed by atoms with Crippen LogP contribution in [0.5, 0.6) is 0 Å². The monoisotopic (exact) mass is 333 g/mol. The van der Waals surface area contributed by atoms with E-state index in [1.165, 1.54) is 18.2 Å². The van der Waals surface area contributed by atoms with Gasteiger partial charge in [0.15, 0.2) is 0 Å². The zero-order valence-corrected chi connectivity index (χ0v) is 12.9. The van der Waals surface area contributed by atoms with E-state index in [4.69, 9.17) is 11.6 Å². The molecule has 0 saturated heterocycles. The summed E-state index contributed by atoms with van der Waals surface area (Å²) < 4.78 is 13.3. The van der Waals surface area contributed by atoms with Crippen LogP contribution in [0.1, 0.15) is 11.1 Å². The molecule has 0 spiro atoms. The molecule has 7 heteroatoms. The Balaban J connectivity index is 1.95. The zero-order valence-electron chi connectivity index (χ0n) is 12.1. The molecular formula is C16H13ClFN3O2. The van der Waals surface area contributed by atoms with Crippen LogP contribution in [0.4, 0.5) is 10.1 Å². The SMILES string of the molecule is Cc1cc(Cl)ccc1NC(=O)C(=O)N/N=C/c1ccccc1F. The van der Waals surface area contributed by atoms with E-state index in [0.717, 1.165) is 6.21 Å². The van der Waals surface area contributed by atoms with Gasteiger partial charge in [0.25, 0.3) is 0 Å². The number of hydrogen-bond donors (Lipinski definition) is 2. The molecule has 0 aliphatic carbocycles. The number of benzene rings is 2. The van der Waals surface area contributed by atoms with Gasteiger partial charge in [0.1, 0.15) is 5.82 Å². The van der Waals surface area contributed by atoms with Crippen LogP contribution in [-0.2, 0) is 9.59 Å². The summed E-state index contributed by atoms with van der Waals surface area (Å²) in [5.41, 5.74) is 3.41. The van der Waals surface area contributed by atoms with Crippen LogP contribution in [-0.4, -0.2) is 18.0 Å². The average Bonchev–Trinajstić information content (AvgIpc) is 2.51. The number of anilines is 1. The molecule has 2 N–H and O–H groups in total. The second-order valence-electron chi connectivity index (χ2n) is 4.63. The molecule has 2 aromatic rings. The van der Waals surface area contributed by atoms with Gasteiger partial charge in [0, 0.05) is 16.3 Å². The molecular weight excluding hydrogens is 321 g/mol. The zero-order chi connectivity index (χ0) is 16.8. The first-order chi connectivity index (χ1) is 11.0. The molecule has 2 rings (SSSR count). The second-order valence-corrected chi connectivity index (χ2v) is 5.07. The Kier molecular flexibility index (Phi) is 5.43. The molecule has 2 amide bonds. The Morgan fingerprint density at radius 2 is 1.91 bits per heavy atom. The number of carbonyl (C=O) groups is 2. The third-order valence-corrected chi connectivity index (χ3v) is 3.15. The molecule has 0 atom stereocenters. The second kappa shape index (κ2) is 7.51. The van der Waals surface area contributed by atoms with Crippen molar-refractivity contribution in [3.63, 3.8) is 0 Å². The number of aryl methyl sites for hydroxylation is 1. The van der Waals surface area contributed by atoms with Crippen LogP contribution < -0.4 is 10.7 Å². The maximum Gasteiger partial charge on any atom is 0.329 e. The van der Waals surface area contributed by atoms with E-state index >= 15 is 0 Å². The van der Waals surface area contributed by atoms with Crippen LogP contribution in [0.15, 0.2) is 47.6 Å². The molecule has 0 unspecified atom stereocenters. The summed E-state index contributed by atoms with van der Waals surface area (Å²) in [7, 11) is 0. The maximum absolute atomic E-state index is 13.3. The minimum atomic E-state index is -0.966. The van der Waals surface area contributed by atoms with Gasteiger partial charge in [-0.05, 0) is 36.8 Å². The summed E-state index contributed by atoms with van der Waals surface area (Å²) in [4.78, 5) is 23.4. The fourth-order valence-corrected chi connectivity index (χ4v) is 1.96. The lowest BCUT2D eigenvalue weighted by Gasteiger charge is -2.07. The van der Waals surface area contributed by atoms with Gasteiger partial charge >= 0.3 is 11.8 Å². The third-order valence-electron chi connectivity index (χ3n) is 2.92. The lowest BCUT2D eigenvalue weighted by Crippen LogP contribution is -2.32. The van der Waals surface area contributed by atoms with Crippen molar-refractivity contribution in [1.82, 2.24) is 5.43 Å². The number of hydrazone groups is 1. The first-order valence-electron chi connectivity index (χ1n) is 6.62. The number of hydrogen-bond acceptors (Lipinski definition) is 3. The quantitative estimate of drug-likeness (QED) is 0.515. The summed E-state index contributed by atoms with van der Waals surface area (Å²) in [6, 6.07) is 10.8. The van der Waals surface area contributed by atoms with E-state index < -0.39 is 17.6 Å². The normalized spacial score (nSPS) is 10.6. The van der Waals surface area contributed by atoms with E-state index in [-0.39, 0.29) is 5.56 Å². The highest BCUT2D eigenvalue weighted by Gasteiger charge is 2.14. The van der Waals surface area contributed by atoms with Crippen molar-refractivity contribution in [1.29, 1.82) is 0 Å². The Morgan fingerprint density at radius 1 is 1.17 bits per heavy atom. The molecule has 0 fully saturated rings. The van der Waals surface area contributed by atoms with Gasteiger partial charge in [-0.25, -0.2) is 9.82 Å². The molecule has 0 bridgehead atoms. The fourth-order valence-electron chi connectivity index (χ4n) is 1.74. The lowest BCUT2D eigenvalue weighted by atomic mass is 10.2. The van der Waals surface area contributed by atoms with Gasteiger partial charge in [-0.1, -0.05) is 29.8 Å². The predicted octanol–water partition coefficient (Wildman–Crippen LogP) is 2.88. The van der Waals surface area contributed by atoms with Crippen molar-refractivity contribution >= 4 is 35.3 Å². The van der Waals surface area contributed by atoms with E-state index in [0.29, 0.717) is 16.3 Å². The van der Waals surface area contributed by atoms with Crippen LogP contribution in [0.2, 0.25) is 5.02 Å². The van der Waals surface area contributed by atoms with Crippen molar-refractivity contribution in [2.24, 2.45) is 5.10 Å². The van der Waals surface area contributed by atoms with Crippen molar-refractivity contribution in [2.75, 3.05) is 5.32 Å². The Morgan fingerprint density at radius 3 is 2.61 bits per heavy atom. The maximum atomic E-state index is 13.3. The van der Waals surface area contributed by atoms with Gasteiger partial charge in [-0.2, -0.15) is 5.10 Å². The van der Waals surface area contributed by atoms with Crippen molar-refractivity contribution in [3.05, 3.63) is 64.4 Å². The number of amides is 2. The molecule has 0 aromatic heterocycles. The summed E-state index contributed by atoms with van der Waals surface area (Å²) in [6.45, 7) is 1.75. The molecule has 0 saturated carbocycles. The highest BCUT2D eigenvalue weighted by atomic mass is 35.5. The van der Waals surface area contributed by atoms with Gasteiger partial charge < -0.3 is 5.32 Å². The van der Waals surface area contributed by atoms with Crippen molar-refractivity contribution in [2.45, 2.75) is 6.92 Å². The summed E-state index contributed by atoms with van der Waals surface area (Å²) in [5, 5.41) is 6.52. The Bertz CT molecular complexity index is 778. The lowest BCUT2D eigenvalue weighted by molar-refractivity contribution is -0.136. The number of halogens is 2. The van der Waals surface area contributed by atoms with Crippen molar-refractivity contribution < 1.29 is 14.0 Å². The molecule has 0 radical (unpaired) electrons. The van der Waals surface area contributed by atoms with E-state index in [1.54, 1.807) is 31.2 Å². The van der Waals surface area contributed by atoms with E-state index in [2.05, 4.69) is 10.4 Å². The first-order valence-corrected chi connectivity index (χ1v) is 7.00. The first kappa shape index (κ1) is 16.6. The summed E-state index contributed by atoms with van der Waals surface area (Å²) in [5.74, 6) is -2.33. The third kappa shape index (κ3) is 4.62. The van der Waals surface area contributed by atoms with Crippen LogP contribution >= 0.6 is 11.6 Å². The molecule has 5 nitrogen and oxygen atoms in total. The molecule has 0 aliphatic heterocycles. The van der Waals surface area contributed by atoms with Gasteiger partial charge in [-0.3, -0.25) is 9.59 Å². The molecule has 118 valence electrons. The number of nitrogens with zero attached hydrogens (tertiary/aromatic N) is 1. The minimum Gasteiger partial charge on any atom is -0.317 e. The van der Waals surface area contributed by atoms with Crippen LogP contribution in [0.25, 0.3) is 0 Å². The Labute approximate surface area is 137 Å². The van der Waals surface area contributed by atoms with Gasteiger partial charge in [-0.15, -0.1) is 0 Å². The molecule has 2 aromatic carbocycles. The van der Waals surface area contributed by atoms with Crippen molar-refractivity contribution in [3.8, 4) is 0 Å². The smallest absolute Gasteiger partial charge is 0.317 e. The standard InChI is InChI=1S/C16H13ClFN3O2/c1-10-8-12(17)6-7-14(10)20-15(22)16(23)21-19-9-11-4-2-3-5-13(11)18/h2-9H,1H3,(H,20,22)(H,21,23)/b19-9+. The van der Waals surface area contributed by atoms with Crippen LogP contribution in [0.3, 0.4) is 0 Å². The topological polar surface area (TPSA) is 70.6 Å². The Hall–Kier alpha value is -2.73. The molecule has 23 heavy (non-hydrogen) atoms. The summed E-state index contributed by atoms with van der Waals surface area (Å²) in [6.07, 6.45) is 1.12. The molecule has 0 aliphatic rings. The number of rotatable bonds is 3. The number of carbonyl (C=O) groups excluding carboxylic acids is 2. The van der Waals surface area contributed by atoms with E-state index in [9.17, 15) is 14.0 Å². The largest absolute Gasteiger partial charge is 0.329 e. The fraction of sp³-hybridized carbons (Fsp3) is 0.0625. The summed E-state index contributed by atoms with van der Waals surface area (Å²) >= 11 is 5.81. The van der Waals surface area contributed by atoms with Crippen LogP contribution in [0, 0.1) is 12.7 Å². The highest BCUT2D eigenvalue weighted by Crippen LogP contribution is 2.19. The predicted molar refractivity (Wildman–Crippen MR) is 87.0 cm³/mol. The number of nitrogens with one attached hydrogen (secondary N) is 2. The average molecular weight is 334 g/mol.